The fraction of sp³-hybridized carbons (Fsp3) is 0.368. The van der Waals surface area contributed by atoms with Crippen molar-refractivity contribution in [2.45, 2.75) is 19.4 Å². The monoisotopic (exact) mass is 400 g/mol. The van der Waals surface area contributed by atoms with Crippen molar-refractivity contribution in [3.8, 4) is 0 Å². The Balaban J connectivity index is 0.00000312. The quantitative estimate of drug-likeness (QED) is 0.689. The van der Waals surface area contributed by atoms with E-state index in [9.17, 15) is 9.90 Å². The number of halogens is 2. The lowest BCUT2D eigenvalue weighted by Crippen LogP contribution is -2.40. The van der Waals surface area contributed by atoms with Crippen LogP contribution < -0.4 is 0 Å². The molecule has 0 saturated carbocycles. The van der Waals surface area contributed by atoms with Gasteiger partial charge in [-0.3, -0.25) is 4.98 Å². The zero-order valence-corrected chi connectivity index (χ0v) is 16.6. The van der Waals surface area contributed by atoms with E-state index in [0.29, 0.717) is 17.7 Å². The van der Waals surface area contributed by atoms with Crippen LogP contribution in [-0.4, -0.2) is 47.2 Å². The van der Waals surface area contributed by atoms with Crippen LogP contribution in [0.3, 0.4) is 0 Å². The van der Waals surface area contributed by atoms with Gasteiger partial charge in [-0.1, -0.05) is 50.2 Å². The highest BCUT2D eigenvalue weighted by atomic mass is 35.5. The molecule has 0 aliphatic rings. The Hall–Kier alpha value is -1.66. The highest BCUT2D eigenvalue weighted by molar-refractivity contribution is 5.86. The summed E-state index contributed by atoms with van der Waals surface area (Å²) >= 11 is 0. The molecule has 26 heavy (non-hydrogen) atoms. The van der Waals surface area contributed by atoms with Gasteiger partial charge in [0.2, 0.25) is 5.60 Å². The first-order valence-corrected chi connectivity index (χ1v) is 8.20. The summed E-state index contributed by atoms with van der Waals surface area (Å²) in [5.74, 6) is -0.686. The molecule has 0 bridgehead atoms. The molecule has 0 fully saturated rings. The Bertz CT molecular complexity index is 598. The molecule has 2 aromatic rings. The Labute approximate surface area is 167 Å². The highest BCUT2D eigenvalue weighted by Gasteiger charge is 2.41. The third kappa shape index (κ3) is 5.68. The molecule has 0 radical (unpaired) electrons. The van der Waals surface area contributed by atoms with E-state index in [2.05, 4.69) is 23.7 Å². The maximum absolute atomic E-state index is 12.7. The van der Waals surface area contributed by atoms with E-state index in [1.807, 2.05) is 6.07 Å². The average Bonchev–Trinajstić information content (AvgIpc) is 2.65. The van der Waals surface area contributed by atoms with Crippen molar-refractivity contribution >= 4 is 30.8 Å². The normalized spacial score (nSPS) is 12.5. The number of aromatic nitrogens is 1. The minimum Gasteiger partial charge on any atom is -0.462 e. The topological polar surface area (TPSA) is 62.7 Å². The molecule has 1 N–H and O–H groups in total. The Morgan fingerprint density at radius 2 is 1.69 bits per heavy atom. The van der Waals surface area contributed by atoms with E-state index >= 15 is 0 Å². The zero-order chi connectivity index (χ0) is 17.4. The number of hydrogen-bond acceptors (Lipinski definition) is 5. The Kier molecular flexibility index (Phi) is 11.1. The van der Waals surface area contributed by atoms with Crippen LogP contribution in [0.25, 0.3) is 0 Å². The molecule has 1 atom stereocenters. The first kappa shape index (κ1) is 24.3. The first-order valence-electron chi connectivity index (χ1n) is 8.20. The standard InChI is InChI=1S/C19H24N2O3.2ClH/c1-3-21(4-2)13-14-24-18(22)19(23,16-9-6-5-7-10-16)17-11-8-12-20-15-17;;/h5-12,15,23H,3-4,13-14H2,1-2H3;2*1H. The van der Waals surface area contributed by atoms with Gasteiger partial charge < -0.3 is 14.7 Å². The summed E-state index contributed by atoms with van der Waals surface area (Å²) in [4.78, 5) is 18.9. The van der Waals surface area contributed by atoms with Crippen molar-refractivity contribution in [2.75, 3.05) is 26.2 Å². The fourth-order valence-electron chi connectivity index (χ4n) is 2.57. The summed E-state index contributed by atoms with van der Waals surface area (Å²) in [6, 6.07) is 12.2. The van der Waals surface area contributed by atoms with Gasteiger partial charge in [-0.2, -0.15) is 0 Å². The second-order valence-electron chi connectivity index (χ2n) is 5.48. The van der Waals surface area contributed by atoms with Gasteiger partial charge in [0.05, 0.1) is 0 Å². The van der Waals surface area contributed by atoms with Crippen LogP contribution in [0.15, 0.2) is 54.9 Å². The third-order valence-corrected chi connectivity index (χ3v) is 4.10. The first-order chi connectivity index (χ1) is 11.6. The molecule has 1 heterocycles. The smallest absolute Gasteiger partial charge is 0.347 e. The number of nitrogens with zero attached hydrogens (tertiary/aromatic N) is 2. The van der Waals surface area contributed by atoms with Crippen LogP contribution in [0.1, 0.15) is 25.0 Å². The van der Waals surface area contributed by atoms with Gasteiger partial charge in [0.15, 0.2) is 0 Å². The maximum atomic E-state index is 12.7. The Morgan fingerprint density at radius 1 is 1.08 bits per heavy atom. The van der Waals surface area contributed by atoms with Crippen molar-refractivity contribution in [2.24, 2.45) is 0 Å². The van der Waals surface area contributed by atoms with Crippen LogP contribution in [0, 0.1) is 0 Å². The summed E-state index contributed by atoms with van der Waals surface area (Å²) in [6.45, 7) is 6.76. The third-order valence-electron chi connectivity index (χ3n) is 4.10. The largest absolute Gasteiger partial charge is 0.462 e. The van der Waals surface area contributed by atoms with E-state index in [1.54, 1.807) is 42.6 Å². The number of rotatable bonds is 8. The van der Waals surface area contributed by atoms with E-state index in [1.165, 1.54) is 6.20 Å². The number of benzene rings is 1. The van der Waals surface area contributed by atoms with Crippen LogP contribution in [0.5, 0.6) is 0 Å². The van der Waals surface area contributed by atoms with E-state index in [-0.39, 0.29) is 31.4 Å². The van der Waals surface area contributed by atoms with Crippen LogP contribution in [0.4, 0.5) is 0 Å². The lowest BCUT2D eigenvalue weighted by Gasteiger charge is -2.27. The zero-order valence-electron chi connectivity index (χ0n) is 15.0. The van der Waals surface area contributed by atoms with Crippen molar-refractivity contribution in [3.05, 3.63) is 66.0 Å². The average molecular weight is 401 g/mol. The van der Waals surface area contributed by atoms with Gasteiger partial charge in [-0.25, -0.2) is 4.79 Å². The minimum atomic E-state index is -1.86. The van der Waals surface area contributed by atoms with Gasteiger partial charge in [-0.15, -0.1) is 24.8 Å². The summed E-state index contributed by atoms with van der Waals surface area (Å²) < 4.78 is 5.39. The number of esters is 1. The van der Waals surface area contributed by atoms with E-state index in [4.69, 9.17) is 4.74 Å². The van der Waals surface area contributed by atoms with Gasteiger partial charge in [-0.05, 0) is 24.7 Å². The van der Waals surface area contributed by atoms with Gasteiger partial charge in [0.25, 0.3) is 0 Å². The Morgan fingerprint density at radius 3 is 2.23 bits per heavy atom. The number of aliphatic hydroxyl groups is 1. The maximum Gasteiger partial charge on any atom is 0.347 e. The molecule has 0 saturated heterocycles. The molecule has 1 aromatic carbocycles. The van der Waals surface area contributed by atoms with Crippen molar-refractivity contribution in [3.63, 3.8) is 0 Å². The second kappa shape index (κ2) is 11.9. The number of hydrogen-bond donors (Lipinski definition) is 1. The molecule has 2 rings (SSSR count). The SMILES string of the molecule is CCN(CC)CCOC(=O)C(O)(c1ccccc1)c1cccnc1.Cl.Cl. The summed E-state index contributed by atoms with van der Waals surface area (Å²) in [5.41, 5.74) is -1.01. The van der Waals surface area contributed by atoms with Crippen LogP contribution in [0.2, 0.25) is 0 Å². The molecule has 1 unspecified atom stereocenters. The van der Waals surface area contributed by atoms with Gasteiger partial charge >= 0.3 is 5.97 Å². The number of carbonyl (C=O) groups excluding carboxylic acids is 1. The predicted molar refractivity (Wildman–Crippen MR) is 107 cm³/mol. The number of pyridine rings is 1. The molecular formula is C19H26Cl2N2O3. The number of likely N-dealkylation sites (N-methyl/N-ethyl adjacent to an activating group) is 1. The van der Waals surface area contributed by atoms with E-state index in [0.717, 1.165) is 13.1 Å². The lowest BCUT2D eigenvalue weighted by molar-refractivity contribution is -0.162. The molecule has 144 valence electrons. The van der Waals surface area contributed by atoms with Crippen molar-refractivity contribution < 1.29 is 14.6 Å². The van der Waals surface area contributed by atoms with Gasteiger partial charge in [0, 0.05) is 24.5 Å². The molecule has 1 aromatic heterocycles. The minimum absolute atomic E-state index is 0. The summed E-state index contributed by atoms with van der Waals surface area (Å²) in [7, 11) is 0. The lowest BCUT2D eigenvalue weighted by atomic mass is 9.87. The molecule has 5 nitrogen and oxygen atoms in total. The number of ether oxygens (including phenoxy) is 1. The number of carbonyl (C=O) groups is 1. The van der Waals surface area contributed by atoms with Crippen molar-refractivity contribution in [1.82, 2.24) is 9.88 Å². The second-order valence-corrected chi connectivity index (χ2v) is 5.48. The predicted octanol–water partition coefficient (Wildman–Crippen LogP) is 3.05. The fourth-order valence-corrected chi connectivity index (χ4v) is 2.57. The summed E-state index contributed by atoms with van der Waals surface area (Å²) in [6.07, 6.45) is 3.08. The molecular weight excluding hydrogens is 375 g/mol. The van der Waals surface area contributed by atoms with Crippen LogP contribution in [-0.2, 0) is 15.1 Å². The van der Waals surface area contributed by atoms with Crippen LogP contribution >= 0.6 is 24.8 Å². The molecule has 0 aliphatic heterocycles. The van der Waals surface area contributed by atoms with E-state index < -0.39 is 11.6 Å². The molecule has 0 spiro atoms. The molecule has 0 amide bonds. The molecule has 7 heteroatoms. The van der Waals surface area contributed by atoms with Gasteiger partial charge in [0.1, 0.15) is 6.61 Å². The molecule has 0 aliphatic carbocycles. The highest BCUT2D eigenvalue weighted by Crippen LogP contribution is 2.30. The summed E-state index contributed by atoms with van der Waals surface area (Å²) in [5, 5.41) is 11.2. The van der Waals surface area contributed by atoms with Crippen molar-refractivity contribution in [1.29, 1.82) is 0 Å².